The van der Waals surface area contributed by atoms with Crippen LogP contribution >= 0.6 is 0 Å². The van der Waals surface area contributed by atoms with Crippen LogP contribution < -0.4 is 4.74 Å². The molecule has 0 saturated carbocycles. The van der Waals surface area contributed by atoms with Crippen molar-refractivity contribution in [1.82, 2.24) is 0 Å². The number of methoxy groups -OCH3 is 1. The molecule has 0 amide bonds. The highest BCUT2D eigenvalue weighted by Crippen LogP contribution is 2.27. The molecule has 0 unspecified atom stereocenters. The summed E-state index contributed by atoms with van der Waals surface area (Å²) in [5.41, 5.74) is 3.14. The van der Waals surface area contributed by atoms with E-state index in [2.05, 4.69) is 18.2 Å². The summed E-state index contributed by atoms with van der Waals surface area (Å²) >= 11 is 0. The Morgan fingerprint density at radius 2 is 1.56 bits per heavy atom. The summed E-state index contributed by atoms with van der Waals surface area (Å²) in [6, 6.07) is 27.9. The van der Waals surface area contributed by atoms with E-state index in [9.17, 15) is 4.79 Å². The number of rotatable bonds is 7. The van der Waals surface area contributed by atoms with Crippen LogP contribution in [0.3, 0.4) is 0 Å². The molecule has 0 spiro atoms. The maximum atomic E-state index is 12.7. The van der Waals surface area contributed by atoms with E-state index in [1.807, 2.05) is 66.7 Å². The predicted octanol–water partition coefficient (Wildman–Crippen LogP) is 5.29. The van der Waals surface area contributed by atoms with Gasteiger partial charge in [0.25, 0.3) is 0 Å². The van der Waals surface area contributed by atoms with Crippen LogP contribution in [0.15, 0.2) is 84.9 Å². The molecular weight excluding hydrogens is 308 g/mol. The number of Topliss-reactive ketones (excluding diaryl/α,β-unsaturated/α-hetero) is 1. The van der Waals surface area contributed by atoms with Gasteiger partial charge in [-0.3, -0.25) is 4.79 Å². The van der Waals surface area contributed by atoms with Crippen molar-refractivity contribution in [2.75, 3.05) is 7.11 Å². The molecule has 25 heavy (non-hydrogen) atoms. The van der Waals surface area contributed by atoms with Crippen LogP contribution in [-0.2, 0) is 6.42 Å². The zero-order chi connectivity index (χ0) is 17.5. The van der Waals surface area contributed by atoms with Gasteiger partial charge in [-0.1, -0.05) is 72.8 Å². The molecule has 0 aliphatic carbocycles. The molecule has 0 heterocycles. The summed E-state index contributed by atoms with van der Waals surface area (Å²) in [6.45, 7) is 0. The predicted molar refractivity (Wildman–Crippen MR) is 101 cm³/mol. The smallest absolute Gasteiger partial charge is 0.163 e. The van der Waals surface area contributed by atoms with E-state index < -0.39 is 0 Å². The largest absolute Gasteiger partial charge is 0.497 e. The van der Waals surface area contributed by atoms with Crippen molar-refractivity contribution in [2.45, 2.75) is 18.8 Å². The lowest BCUT2D eigenvalue weighted by atomic mass is 9.86. The summed E-state index contributed by atoms with van der Waals surface area (Å²) in [5.74, 6) is 1.16. The third kappa shape index (κ3) is 4.57. The minimum absolute atomic E-state index is 0.140. The van der Waals surface area contributed by atoms with Crippen molar-refractivity contribution in [2.24, 2.45) is 0 Å². The fourth-order valence-corrected chi connectivity index (χ4v) is 3.08. The summed E-state index contributed by atoms with van der Waals surface area (Å²) in [5, 5.41) is 0. The quantitative estimate of drug-likeness (QED) is 0.550. The van der Waals surface area contributed by atoms with Crippen LogP contribution in [0.5, 0.6) is 5.75 Å². The van der Waals surface area contributed by atoms with Crippen LogP contribution in [0.1, 0.15) is 33.8 Å². The average molecular weight is 330 g/mol. The number of ether oxygens (including phenoxy) is 1. The molecule has 0 saturated heterocycles. The number of ketones is 1. The van der Waals surface area contributed by atoms with Gasteiger partial charge >= 0.3 is 0 Å². The van der Waals surface area contributed by atoms with Gasteiger partial charge in [-0.25, -0.2) is 0 Å². The zero-order valence-corrected chi connectivity index (χ0v) is 14.4. The van der Waals surface area contributed by atoms with E-state index in [0.29, 0.717) is 6.42 Å². The van der Waals surface area contributed by atoms with Gasteiger partial charge < -0.3 is 4.74 Å². The van der Waals surface area contributed by atoms with Crippen molar-refractivity contribution in [3.8, 4) is 5.75 Å². The third-order valence-corrected chi connectivity index (χ3v) is 4.41. The SMILES string of the molecule is COc1cccc(C[C@H](CC(=O)c2ccccc2)c2ccccc2)c1. The van der Waals surface area contributed by atoms with Gasteiger partial charge in [0.05, 0.1) is 7.11 Å². The molecule has 0 aromatic heterocycles. The second kappa shape index (κ2) is 8.29. The lowest BCUT2D eigenvalue weighted by molar-refractivity contribution is 0.0973. The Hall–Kier alpha value is -2.87. The Morgan fingerprint density at radius 1 is 0.880 bits per heavy atom. The molecule has 1 atom stereocenters. The lowest BCUT2D eigenvalue weighted by Gasteiger charge is -2.17. The summed E-state index contributed by atoms with van der Waals surface area (Å²) < 4.78 is 5.33. The van der Waals surface area contributed by atoms with Gasteiger partial charge in [-0.15, -0.1) is 0 Å². The number of hydrogen-bond acceptors (Lipinski definition) is 2. The molecular formula is C23H22O2. The minimum Gasteiger partial charge on any atom is -0.497 e. The maximum absolute atomic E-state index is 12.7. The first-order chi connectivity index (χ1) is 12.3. The van der Waals surface area contributed by atoms with Crippen molar-refractivity contribution < 1.29 is 9.53 Å². The van der Waals surface area contributed by atoms with Gasteiger partial charge in [-0.2, -0.15) is 0 Å². The standard InChI is InChI=1S/C23H22O2/c1-25-22-14-8-9-18(16-22)15-21(19-10-4-2-5-11-19)17-23(24)20-12-6-3-7-13-20/h2-14,16,21H,15,17H2,1H3/t21-/m1/s1. The van der Waals surface area contributed by atoms with E-state index in [0.717, 1.165) is 17.7 Å². The van der Waals surface area contributed by atoms with E-state index in [4.69, 9.17) is 4.74 Å². The van der Waals surface area contributed by atoms with Gasteiger partial charge in [0, 0.05) is 12.0 Å². The molecule has 0 fully saturated rings. The van der Waals surface area contributed by atoms with Gasteiger partial charge in [0.2, 0.25) is 0 Å². The monoisotopic (exact) mass is 330 g/mol. The van der Waals surface area contributed by atoms with E-state index >= 15 is 0 Å². The van der Waals surface area contributed by atoms with Crippen LogP contribution in [0, 0.1) is 0 Å². The van der Waals surface area contributed by atoms with Crippen LogP contribution in [0.25, 0.3) is 0 Å². The number of carbonyl (C=O) groups excluding carboxylic acids is 1. The molecule has 126 valence electrons. The van der Waals surface area contributed by atoms with Gasteiger partial charge in [0.1, 0.15) is 5.75 Å². The molecule has 0 N–H and O–H groups in total. The Bertz CT molecular complexity index is 810. The molecule has 0 radical (unpaired) electrons. The average Bonchev–Trinajstić information content (AvgIpc) is 2.69. The molecule has 0 bridgehead atoms. The first-order valence-electron chi connectivity index (χ1n) is 8.52. The van der Waals surface area contributed by atoms with Gasteiger partial charge in [-0.05, 0) is 35.6 Å². The second-order valence-electron chi connectivity index (χ2n) is 6.16. The maximum Gasteiger partial charge on any atom is 0.163 e. The van der Waals surface area contributed by atoms with Crippen LogP contribution in [0.4, 0.5) is 0 Å². The molecule has 3 aromatic rings. The van der Waals surface area contributed by atoms with Crippen molar-refractivity contribution in [3.05, 3.63) is 102 Å². The first-order valence-corrected chi connectivity index (χ1v) is 8.52. The lowest BCUT2D eigenvalue weighted by Crippen LogP contribution is -2.10. The fraction of sp³-hybridized carbons (Fsp3) is 0.174. The molecule has 3 aromatic carbocycles. The molecule has 2 nitrogen and oxygen atoms in total. The third-order valence-electron chi connectivity index (χ3n) is 4.41. The fourth-order valence-electron chi connectivity index (χ4n) is 3.08. The summed E-state index contributed by atoms with van der Waals surface area (Å²) in [7, 11) is 1.67. The Kier molecular flexibility index (Phi) is 5.63. The van der Waals surface area contributed by atoms with Crippen LogP contribution in [0.2, 0.25) is 0 Å². The summed E-state index contributed by atoms with van der Waals surface area (Å²) in [6.07, 6.45) is 1.30. The number of carbonyl (C=O) groups is 1. The Labute approximate surface area is 149 Å². The normalized spacial score (nSPS) is 11.7. The Morgan fingerprint density at radius 3 is 2.24 bits per heavy atom. The molecule has 0 aliphatic heterocycles. The highest BCUT2D eigenvalue weighted by molar-refractivity contribution is 5.96. The molecule has 3 rings (SSSR count). The van der Waals surface area contributed by atoms with Crippen molar-refractivity contribution in [1.29, 1.82) is 0 Å². The van der Waals surface area contributed by atoms with E-state index in [1.165, 1.54) is 11.1 Å². The van der Waals surface area contributed by atoms with Crippen LogP contribution in [-0.4, -0.2) is 12.9 Å². The molecule has 2 heteroatoms. The highest BCUT2D eigenvalue weighted by atomic mass is 16.5. The number of hydrogen-bond donors (Lipinski definition) is 0. The first kappa shape index (κ1) is 17.0. The van der Waals surface area contributed by atoms with E-state index in [1.54, 1.807) is 7.11 Å². The number of benzene rings is 3. The van der Waals surface area contributed by atoms with Gasteiger partial charge in [0.15, 0.2) is 5.78 Å². The second-order valence-corrected chi connectivity index (χ2v) is 6.16. The topological polar surface area (TPSA) is 26.3 Å². The van der Waals surface area contributed by atoms with Crippen molar-refractivity contribution >= 4 is 5.78 Å². The summed E-state index contributed by atoms with van der Waals surface area (Å²) in [4.78, 5) is 12.7. The highest BCUT2D eigenvalue weighted by Gasteiger charge is 2.18. The zero-order valence-electron chi connectivity index (χ0n) is 14.4. The van der Waals surface area contributed by atoms with E-state index in [-0.39, 0.29) is 11.7 Å². The Balaban J connectivity index is 1.84. The minimum atomic E-state index is 0.140. The molecule has 0 aliphatic rings. The van der Waals surface area contributed by atoms with Crippen molar-refractivity contribution in [3.63, 3.8) is 0 Å².